The molecule has 2 N–H and O–H groups in total. The highest BCUT2D eigenvalue weighted by molar-refractivity contribution is 9.10. The van der Waals surface area contributed by atoms with E-state index in [1.807, 2.05) is 24.5 Å². The predicted molar refractivity (Wildman–Crippen MR) is 80.1 cm³/mol. The van der Waals surface area contributed by atoms with E-state index in [9.17, 15) is 0 Å². The van der Waals surface area contributed by atoms with Gasteiger partial charge in [0.05, 0.1) is 0 Å². The third-order valence-corrected chi connectivity index (χ3v) is 3.91. The minimum Gasteiger partial charge on any atom is -0.327 e. The summed E-state index contributed by atoms with van der Waals surface area (Å²) in [6.45, 7) is 2.08. The van der Waals surface area contributed by atoms with E-state index >= 15 is 0 Å². The molecule has 1 unspecified atom stereocenters. The zero-order valence-corrected chi connectivity index (χ0v) is 13.0. The molecular weight excluding hydrogens is 324 g/mol. The van der Waals surface area contributed by atoms with Gasteiger partial charge in [0, 0.05) is 29.1 Å². The fourth-order valence-electron chi connectivity index (χ4n) is 1.46. The van der Waals surface area contributed by atoms with Gasteiger partial charge in [0.2, 0.25) is 0 Å². The molecule has 0 aromatic carbocycles. The van der Waals surface area contributed by atoms with Crippen LogP contribution in [0.2, 0.25) is 0 Å². The van der Waals surface area contributed by atoms with E-state index in [2.05, 4.69) is 37.8 Å². The summed E-state index contributed by atoms with van der Waals surface area (Å²) in [5, 5.41) is 1.57. The molecule has 2 heterocycles. The smallest absolute Gasteiger partial charge is 0.193 e. The normalized spacial score (nSPS) is 12.4. The number of hydrogen-bond acceptors (Lipinski definition) is 5. The van der Waals surface area contributed by atoms with E-state index < -0.39 is 0 Å². The topological polar surface area (TPSA) is 64.7 Å². The fourth-order valence-corrected chi connectivity index (χ4v) is 2.34. The van der Waals surface area contributed by atoms with Crippen LogP contribution in [-0.2, 0) is 6.42 Å². The van der Waals surface area contributed by atoms with Crippen LogP contribution in [0.4, 0.5) is 0 Å². The molecule has 6 heteroatoms. The number of aromatic nitrogens is 3. The predicted octanol–water partition coefficient (Wildman–Crippen LogP) is 3.07. The first-order valence-corrected chi connectivity index (χ1v) is 7.64. The summed E-state index contributed by atoms with van der Waals surface area (Å²) in [6.07, 6.45) is 7.21. The van der Waals surface area contributed by atoms with Gasteiger partial charge in [0.25, 0.3) is 0 Å². The first-order valence-electron chi connectivity index (χ1n) is 6.03. The number of pyridine rings is 1. The van der Waals surface area contributed by atoms with Gasteiger partial charge >= 0.3 is 0 Å². The standard InChI is InChI=1S/C13H15BrN4S/c1-2-11(15)5-9-6-17-13(18-7-9)19-12-4-3-10(14)8-16-12/h3-4,6-8,11H,2,5,15H2,1H3. The lowest BCUT2D eigenvalue weighted by atomic mass is 10.1. The summed E-state index contributed by atoms with van der Waals surface area (Å²) in [4.78, 5) is 12.9. The van der Waals surface area contributed by atoms with Gasteiger partial charge in [-0.15, -0.1) is 0 Å². The molecule has 2 rings (SSSR count). The fraction of sp³-hybridized carbons (Fsp3) is 0.308. The SMILES string of the molecule is CCC(N)Cc1cnc(Sc2ccc(Br)cn2)nc1. The van der Waals surface area contributed by atoms with Crippen molar-refractivity contribution in [2.75, 3.05) is 0 Å². The van der Waals surface area contributed by atoms with Crippen molar-refractivity contribution in [1.29, 1.82) is 0 Å². The van der Waals surface area contributed by atoms with Crippen molar-refractivity contribution in [2.24, 2.45) is 5.73 Å². The van der Waals surface area contributed by atoms with E-state index in [4.69, 9.17) is 5.73 Å². The minimum absolute atomic E-state index is 0.176. The van der Waals surface area contributed by atoms with Gasteiger partial charge in [-0.05, 0) is 58.2 Å². The summed E-state index contributed by atoms with van der Waals surface area (Å²) in [5.41, 5.74) is 6.98. The number of nitrogens with two attached hydrogens (primary N) is 1. The lowest BCUT2D eigenvalue weighted by Crippen LogP contribution is -2.21. The van der Waals surface area contributed by atoms with E-state index in [1.165, 1.54) is 11.8 Å². The van der Waals surface area contributed by atoms with Crippen molar-refractivity contribution in [3.8, 4) is 0 Å². The second-order valence-corrected chi connectivity index (χ2v) is 6.07. The second kappa shape index (κ2) is 6.98. The van der Waals surface area contributed by atoms with Gasteiger partial charge in [-0.25, -0.2) is 15.0 Å². The lowest BCUT2D eigenvalue weighted by molar-refractivity contribution is 0.641. The Bertz CT molecular complexity index is 515. The lowest BCUT2D eigenvalue weighted by Gasteiger charge is -2.07. The van der Waals surface area contributed by atoms with Gasteiger partial charge in [-0.1, -0.05) is 6.92 Å². The highest BCUT2D eigenvalue weighted by Crippen LogP contribution is 2.23. The number of hydrogen-bond donors (Lipinski definition) is 1. The molecule has 0 fully saturated rings. The van der Waals surface area contributed by atoms with E-state index in [1.54, 1.807) is 6.20 Å². The molecule has 0 saturated carbocycles. The quantitative estimate of drug-likeness (QED) is 0.848. The van der Waals surface area contributed by atoms with E-state index in [0.29, 0.717) is 5.16 Å². The Morgan fingerprint density at radius 3 is 2.53 bits per heavy atom. The van der Waals surface area contributed by atoms with Crippen molar-refractivity contribution in [3.63, 3.8) is 0 Å². The molecule has 0 bridgehead atoms. The Morgan fingerprint density at radius 2 is 1.95 bits per heavy atom. The summed E-state index contributed by atoms with van der Waals surface area (Å²) in [5.74, 6) is 0. The molecule has 0 spiro atoms. The molecule has 0 saturated heterocycles. The Labute approximate surface area is 125 Å². The molecular formula is C13H15BrN4S. The number of halogens is 1. The van der Waals surface area contributed by atoms with Crippen LogP contribution in [-0.4, -0.2) is 21.0 Å². The van der Waals surface area contributed by atoms with Crippen LogP contribution in [0.25, 0.3) is 0 Å². The number of rotatable bonds is 5. The van der Waals surface area contributed by atoms with Crippen LogP contribution in [0.1, 0.15) is 18.9 Å². The van der Waals surface area contributed by atoms with E-state index in [-0.39, 0.29) is 6.04 Å². The van der Waals surface area contributed by atoms with Crippen molar-refractivity contribution < 1.29 is 0 Å². The number of nitrogens with zero attached hydrogens (tertiary/aromatic N) is 3. The average Bonchev–Trinajstić information content (AvgIpc) is 2.43. The van der Waals surface area contributed by atoms with Crippen LogP contribution in [0.15, 0.2) is 45.4 Å². The van der Waals surface area contributed by atoms with Gasteiger partial charge in [-0.2, -0.15) is 0 Å². The van der Waals surface area contributed by atoms with Gasteiger partial charge < -0.3 is 5.73 Å². The third kappa shape index (κ3) is 4.56. The van der Waals surface area contributed by atoms with Crippen LogP contribution >= 0.6 is 27.7 Å². The average molecular weight is 339 g/mol. The highest BCUT2D eigenvalue weighted by atomic mass is 79.9. The molecule has 100 valence electrons. The summed E-state index contributed by atoms with van der Waals surface area (Å²) < 4.78 is 0.960. The summed E-state index contributed by atoms with van der Waals surface area (Å²) in [6, 6.07) is 4.05. The summed E-state index contributed by atoms with van der Waals surface area (Å²) in [7, 11) is 0. The molecule has 0 aliphatic rings. The van der Waals surface area contributed by atoms with E-state index in [0.717, 1.165) is 27.9 Å². The van der Waals surface area contributed by atoms with Crippen LogP contribution in [0.3, 0.4) is 0 Å². The second-order valence-electron chi connectivity index (χ2n) is 4.16. The van der Waals surface area contributed by atoms with Crippen LogP contribution in [0, 0.1) is 0 Å². The Kier molecular flexibility index (Phi) is 5.30. The molecule has 0 aliphatic heterocycles. The van der Waals surface area contributed by atoms with Gasteiger partial charge in [-0.3, -0.25) is 0 Å². The Hall–Kier alpha value is -0.980. The molecule has 0 radical (unpaired) electrons. The van der Waals surface area contributed by atoms with Gasteiger partial charge in [0.15, 0.2) is 5.16 Å². The Balaban J connectivity index is 2.00. The monoisotopic (exact) mass is 338 g/mol. The molecule has 4 nitrogen and oxygen atoms in total. The maximum absolute atomic E-state index is 5.91. The van der Waals surface area contributed by atoms with Crippen LogP contribution < -0.4 is 5.73 Å². The molecule has 2 aromatic rings. The van der Waals surface area contributed by atoms with Crippen LogP contribution in [0.5, 0.6) is 0 Å². The highest BCUT2D eigenvalue weighted by Gasteiger charge is 2.05. The summed E-state index contributed by atoms with van der Waals surface area (Å²) >= 11 is 4.80. The zero-order chi connectivity index (χ0) is 13.7. The first-order chi connectivity index (χ1) is 9.17. The molecule has 19 heavy (non-hydrogen) atoms. The molecule has 0 amide bonds. The molecule has 0 aliphatic carbocycles. The largest absolute Gasteiger partial charge is 0.327 e. The minimum atomic E-state index is 0.176. The Morgan fingerprint density at radius 1 is 1.21 bits per heavy atom. The van der Waals surface area contributed by atoms with Gasteiger partial charge in [0.1, 0.15) is 5.03 Å². The van der Waals surface area contributed by atoms with Crippen molar-refractivity contribution in [2.45, 2.75) is 36.0 Å². The van der Waals surface area contributed by atoms with Crippen molar-refractivity contribution in [1.82, 2.24) is 15.0 Å². The van der Waals surface area contributed by atoms with Crippen molar-refractivity contribution in [3.05, 3.63) is 40.8 Å². The third-order valence-electron chi connectivity index (χ3n) is 2.60. The maximum Gasteiger partial charge on any atom is 0.193 e. The van der Waals surface area contributed by atoms with Crippen molar-refractivity contribution >= 4 is 27.7 Å². The molecule has 2 aromatic heterocycles. The zero-order valence-electron chi connectivity index (χ0n) is 10.6. The first kappa shape index (κ1) is 14.4. The maximum atomic E-state index is 5.91. The molecule has 1 atom stereocenters.